The van der Waals surface area contributed by atoms with Crippen LogP contribution in [0, 0.1) is 6.92 Å². The lowest BCUT2D eigenvalue weighted by atomic mass is 10.0. The van der Waals surface area contributed by atoms with Gasteiger partial charge in [-0.15, -0.1) is 0 Å². The molecule has 0 saturated heterocycles. The third kappa shape index (κ3) is 2.31. The number of carbonyl (C=O) groups is 1. The van der Waals surface area contributed by atoms with Crippen molar-refractivity contribution >= 4 is 21.9 Å². The van der Waals surface area contributed by atoms with E-state index in [2.05, 4.69) is 20.9 Å². The molecule has 0 fully saturated rings. The summed E-state index contributed by atoms with van der Waals surface area (Å²) in [5.41, 5.74) is 0.151. The van der Waals surface area contributed by atoms with Crippen LogP contribution in [0.4, 0.5) is 8.78 Å². The molecule has 0 bridgehead atoms. The van der Waals surface area contributed by atoms with Crippen LogP contribution in [0.1, 0.15) is 33.6 Å². The Bertz CT molecular complexity index is 396. The molecule has 1 N–H and O–H groups in total. The van der Waals surface area contributed by atoms with Crippen molar-refractivity contribution in [2.75, 3.05) is 0 Å². The summed E-state index contributed by atoms with van der Waals surface area (Å²) in [5, 5.41) is 8.93. The quantitative estimate of drug-likeness (QED) is 0.866. The summed E-state index contributed by atoms with van der Waals surface area (Å²) >= 11 is 3.04. The number of hydrogen-bond donors (Lipinski definition) is 1. The van der Waals surface area contributed by atoms with Crippen LogP contribution < -0.4 is 0 Å². The molecule has 0 aromatic carbocycles. The second kappa shape index (κ2) is 4.65. The molecule has 0 atom stereocenters. The molecular formula is C9H8BrF2NO2. The number of halogens is 3. The lowest BCUT2D eigenvalue weighted by Crippen LogP contribution is -2.07. The number of carboxylic acid groups (broad SMARTS) is 1. The number of carboxylic acids is 1. The maximum absolute atomic E-state index is 12.5. The highest BCUT2D eigenvalue weighted by Gasteiger charge is 2.20. The Morgan fingerprint density at radius 3 is 2.67 bits per heavy atom. The van der Waals surface area contributed by atoms with Gasteiger partial charge in [0.2, 0.25) is 0 Å². The molecule has 6 heteroatoms. The fraction of sp³-hybridized carbons (Fsp3) is 0.333. The predicted molar refractivity (Wildman–Crippen MR) is 53.5 cm³/mol. The summed E-state index contributed by atoms with van der Waals surface area (Å²) in [6.45, 7) is 1.49. The largest absolute Gasteiger partial charge is 0.478 e. The standard InChI is InChI=1S/C9H8BrF2NO2/c1-4-5(2-10)7(8(11)12)13-3-6(4)9(14)15/h3,8H,2H2,1H3,(H,14,15). The molecule has 1 heterocycles. The lowest BCUT2D eigenvalue weighted by molar-refractivity contribution is 0.0694. The summed E-state index contributed by atoms with van der Waals surface area (Å²) < 4.78 is 25.0. The first kappa shape index (κ1) is 12.0. The molecule has 0 aliphatic heterocycles. The summed E-state index contributed by atoms with van der Waals surface area (Å²) in [4.78, 5) is 14.2. The first-order chi connectivity index (χ1) is 6.99. The third-order valence-electron chi connectivity index (χ3n) is 2.07. The van der Waals surface area contributed by atoms with Crippen LogP contribution in [0.25, 0.3) is 0 Å². The number of rotatable bonds is 3. The highest BCUT2D eigenvalue weighted by Crippen LogP contribution is 2.26. The summed E-state index contributed by atoms with van der Waals surface area (Å²) in [6.07, 6.45) is -1.73. The molecule has 0 spiro atoms. The van der Waals surface area contributed by atoms with Gasteiger partial charge in [-0.3, -0.25) is 4.98 Å². The van der Waals surface area contributed by atoms with E-state index in [1.165, 1.54) is 6.92 Å². The second-order valence-corrected chi connectivity index (χ2v) is 3.46. The maximum Gasteiger partial charge on any atom is 0.337 e. The van der Waals surface area contributed by atoms with Gasteiger partial charge in [-0.1, -0.05) is 15.9 Å². The number of alkyl halides is 3. The molecular weight excluding hydrogens is 272 g/mol. The number of aromatic carboxylic acids is 1. The molecule has 82 valence electrons. The minimum Gasteiger partial charge on any atom is -0.478 e. The van der Waals surface area contributed by atoms with Crippen molar-refractivity contribution in [3.8, 4) is 0 Å². The summed E-state index contributed by atoms with van der Waals surface area (Å²) in [5.74, 6) is -1.16. The molecule has 0 unspecified atom stereocenters. The zero-order chi connectivity index (χ0) is 11.6. The average Bonchev–Trinajstić information content (AvgIpc) is 2.16. The molecule has 1 rings (SSSR count). The van der Waals surface area contributed by atoms with Crippen molar-refractivity contribution in [1.29, 1.82) is 0 Å². The third-order valence-corrected chi connectivity index (χ3v) is 2.63. The highest BCUT2D eigenvalue weighted by atomic mass is 79.9. The molecule has 0 amide bonds. The van der Waals surface area contributed by atoms with E-state index in [1.807, 2.05) is 0 Å². The van der Waals surface area contributed by atoms with Gasteiger partial charge in [-0.25, -0.2) is 13.6 Å². The van der Waals surface area contributed by atoms with Gasteiger partial charge in [0.05, 0.1) is 5.56 Å². The molecule has 3 nitrogen and oxygen atoms in total. The van der Waals surface area contributed by atoms with E-state index < -0.39 is 12.4 Å². The first-order valence-corrected chi connectivity index (χ1v) is 5.17. The molecule has 0 aliphatic carbocycles. The topological polar surface area (TPSA) is 50.2 Å². The van der Waals surface area contributed by atoms with E-state index in [9.17, 15) is 13.6 Å². The Kier molecular flexibility index (Phi) is 3.73. The average molecular weight is 280 g/mol. The van der Waals surface area contributed by atoms with E-state index in [0.717, 1.165) is 6.20 Å². The number of nitrogens with zero attached hydrogens (tertiary/aromatic N) is 1. The highest BCUT2D eigenvalue weighted by molar-refractivity contribution is 9.08. The minimum atomic E-state index is -2.70. The molecule has 0 aliphatic rings. The Balaban J connectivity index is 3.39. The van der Waals surface area contributed by atoms with Crippen molar-refractivity contribution in [2.24, 2.45) is 0 Å². The van der Waals surface area contributed by atoms with Gasteiger partial charge in [0.15, 0.2) is 0 Å². The van der Waals surface area contributed by atoms with Gasteiger partial charge < -0.3 is 5.11 Å². The zero-order valence-electron chi connectivity index (χ0n) is 7.80. The Morgan fingerprint density at radius 2 is 2.27 bits per heavy atom. The van der Waals surface area contributed by atoms with Crippen LogP contribution in [0.15, 0.2) is 6.20 Å². The van der Waals surface area contributed by atoms with Crippen molar-refractivity contribution in [2.45, 2.75) is 18.7 Å². The second-order valence-electron chi connectivity index (χ2n) is 2.90. The van der Waals surface area contributed by atoms with Crippen molar-refractivity contribution in [3.05, 3.63) is 28.6 Å². The van der Waals surface area contributed by atoms with Gasteiger partial charge in [-0.2, -0.15) is 0 Å². The smallest absolute Gasteiger partial charge is 0.337 e. The first-order valence-electron chi connectivity index (χ1n) is 4.04. The van der Waals surface area contributed by atoms with E-state index in [4.69, 9.17) is 5.11 Å². The van der Waals surface area contributed by atoms with Crippen molar-refractivity contribution < 1.29 is 18.7 Å². The number of hydrogen-bond acceptors (Lipinski definition) is 2. The SMILES string of the molecule is Cc1c(C(=O)O)cnc(C(F)F)c1CBr. The predicted octanol–water partition coefficient (Wildman–Crippen LogP) is 2.92. The monoisotopic (exact) mass is 279 g/mol. The van der Waals surface area contributed by atoms with Gasteiger partial charge >= 0.3 is 5.97 Å². The van der Waals surface area contributed by atoms with E-state index in [-0.39, 0.29) is 22.2 Å². The molecule has 15 heavy (non-hydrogen) atoms. The lowest BCUT2D eigenvalue weighted by Gasteiger charge is -2.10. The van der Waals surface area contributed by atoms with Gasteiger partial charge in [0.25, 0.3) is 6.43 Å². The van der Waals surface area contributed by atoms with Crippen LogP contribution in [0.2, 0.25) is 0 Å². The van der Waals surface area contributed by atoms with Crippen LogP contribution >= 0.6 is 15.9 Å². The fourth-order valence-electron chi connectivity index (χ4n) is 1.24. The van der Waals surface area contributed by atoms with Gasteiger partial charge in [0, 0.05) is 11.5 Å². The molecule has 1 aromatic heterocycles. The summed E-state index contributed by atoms with van der Waals surface area (Å²) in [7, 11) is 0. The minimum absolute atomic E-state index is 0.0474. The Morgan fingerprint density at radius 1 is 1.67 bits per heavy atom. The number of pyridine rings is 1. The normalized spacial score (nSPS) is 10.7. The van der Waals surface area contributed by atoms with Crippen molar-refractivity contribution in [1.82, 2.24) is 4.98 Å². The van der Waals surface area contributed by atoms with E-state index in [0.29, 0.717) is 5.56 Å². The van der Waals surface area contributed by atoms with Gasteiger partial charge in [0.1, 0.15) is 5.69 Å². The van der Waals surface area contributed by atoms with Crippen LogP contribution in [-0.4, -0.2) is 16.1 Å². The maximum atomic E-state index is 12.5. The van der Waals surface area contributed by atoms with Crippen LogP contribution in [0.3, 0.4) is 0 Å². The zero-order valence-corrected chi connectivity index (χ0v) is 9.38. The van der Waals surface area contributed by atoms with E-state index in [1.54, 1.807) is 0 Å². The van der Waals surface area contributed by atoms with Gasteiger partial charge in [-0.05, 0) is 18.1 Å². The van der Waals surface area contributed by atoms with E-state index >= 15 is 0 Å². The molecule has 0 radical (unpaired) electrons. The number of aromatic nitrogens is 1. The van der Waals surface area contributed by atoms with Crippen LogP contribution in [-0.2, 0) is 5.33 Å². The Labute approximate surface area is 93.3 Å². The molecule has 1 aromatic rings. The molecule has 0 saturated carbocycles. The van der Waals surface area contributed by atoms with Crippen molar-refractivity contribution in [3.63, 3.8) is 0 Å². The van der Waals surface area contributed by atoms with Crippen LogP contribution in [0.5, 0.6) is 0 Å². The summed E-state index contributed by atoms with van der Waals surface area (Å²) in [6, 6.07) is 0. The Hall–Kier alpha value is -1.04. The fourth-order valence-corrected chi connectivity index (χ4v) is 1.94.